The lowest BCUT2D eigenvalue weighted by Crippen LogP contribution is -2.36. The lowest BCUT2D eigenvalue weighted by Gasteiger charge is -2.27. The van der Waals surface area contributed by atoms with E-state index in [1.54, 1.807) is 23.0 Å². The average Bonchev–Trinajstić information content (AvgIpc) is 2.90. The molecule has 0 radical (unpaired) electrons. The average molecular weight is 317 g/mol. The van der Waals surface area contributed by atoms with Crippen LogP contribution in [0.1, 0.15) is 44.2 Å². The number of halogens is 1. The fourth-order valence-electron chi connectivity index (χ4n) is 2.60. The Hall–Kier alpha value is -2.17. The monoisotopic (exact) mass is 317 g/mol. The third-order valence-electron chi connectivity index (χ3n) is 3.97. The molecular formula is C18H24FN3O. The number of benzene rings is 1. The van der Waals surface area contributed by atoms with Gasteiger partial charge < -0.3 is 4.90 Å². The Morgan fingerprint density at radius 2 is 1.91 bits per heavy atom. The molecule has 1 atom stereocenters. The summed E-state index contributed by atoms with van der Waals surface area (Å²) in [6, 6.07) is 6.48. The molecule has 2 aromatic rings. The Morgan fingerprint density at radius 1 is 1.26 bits per heavy atom. The molecule has 23 heavy (non-hydrogen) atoms. The molecule has 0 aliphatic heterocycles. The standard InChI is InChI=1S/C18H24FN3O/c1-13(2)22(12-15-10-20-21(4)11-15)18(23)9-14(3)16-5-7-17(19)8-6-16/h5-8,10-11,13-14H,9,12H2,1-4H3/t14-/m0/s1. The number of rotatable bonds is 6. The summed E-state index contributed by atoms with van der Waals surface area (Å²) in [4.78, 5) is 14.5. The van der Waals surface area contributed by atoms with Gasteiger partial charge in [-0.1, -0.05) is 19.1 Å². The summed E-state index contributed by atoms with van der Waals surface area (Å²) in [7, 11) is 1.86. The minimum absolute atomic E-state index is 0.0539. The van der Waals surface area contributed by atoms with Gasteiger partial charge in [0.1, 0.15) is 5.82 Å². The largest absolute Gasteiger partial charge is 0.336 e. The first-order valence-corrected chi connectivity index (χ1v) is 7.89. The highest BCUT2D eigenvalue weighted by Crippen LogP contribution is 2.21. The number of carbonyl (C=O) groups is 1. The normalized spacial score (nSPS) is 12.4. The highest BCUT2D eigenvalue weighted by molar-refractivity contribution is 5.77. The highest BCUT2D eigenvalue weighted by atomic mass is 19.1. The van der Waals surface area contributed by atoms with Crippen LogP contribution in [0.25, 0.3) is 0 Å². The molecule has 2 rings (SSSR count). The van der Waals surface area contributed by atoms with E-state index in [1.165, 1.54) is 12.1 Å². The molecule has 0 saturated heterocycles. The molecule has 1 amide bonds. The van der Waals surface area contributed by atoms with Crippen molar-refractivity contribution in [2.45, 2.75) is 45.7 Å². The van der Waals surface area contributed by atoms with Gasteiger partial charge >= 0.3 is 0 Å². The van der Waals surface area contributed by atoms with Gasteiger partial charge in [0.15, 0.2) is 0 Å². The number of nitrogens with zero attached hydrogens (tertiary/aromatic N) is 3. The second-order valence-electron chi connectivity index (χ2n) is 6.29. The van der Waals surface area contributed by atoms with E-state index in [-0.39, 0.29) is 23.7 Å². The molecule has 0 unspecified atom stereocenters. The number of aryl methyl sites for hydroxylation is 1. The Balaban J connectivity index is 2.04. The van der Waals surface area contributed by atoms with Gasteiger partial charge in [0.05, 0.1) is 6.20 Å². The second-order valence-corrected chi connectivity index (χ2v) is 6.29. The van der Waals surface area contributed by atoms with E-state index in [9.17, 15) is 9.18 Å². The molecule has 0 saturated carbocycles. The predicted octanol–water partition coefficient (Wildman–Crippen LogP) is 3.49. The summed E-state index contributed by atoms with van der Waals surface area (Å²) in [5, 5.41) is 4.15. The molecule has 0 spiro atoms. The van der Waals surface area contributed by atoms with Crippen LogP contribution in [0.3, 0.4) is 0 Å². The van der Waals surface area contributed by atoms with Gasteiger partial charge in [0.2, 0.25) is 5.91 Å². The summed E-state index contributed by atoms with van der Waals surface area (Å²) in [5.74, 6) is -0.105. The molecule has 0 fully saturated rings. The smallest absolute Gasteiger partial charge is 0.223 e. The third kappa shape index (κ3) is 4.65. The lowest BCUT2D eigenvalue weighted by atomic mass is 9.97. The molecule has 4 nitrogen and oxygen atoms in total. The molecule has 0 bridgehead atoms. The highest BCUT2D eigenvalue weighted by Gasteiger charge is 2.21. The molecule has 5 heteroatoms. The van der Waals surface area contributed by atoms with Crippen LogP contribution in [0.2, 0.25) is 0 Å². The molecule has 1 aromatic carbocycles. The summed E-state index contributed by atoms with van der Waals surface area (Å²) in [6.07, 6.45) is 4.11. The topological polar surface area (TPSA) is 38.1 Å². The second kappa shape index (κ2) is 7.40. The maximum absolute atomic E-state index is 13.0. The van der Waals surface area contributed by atoms with Gasteiger partial charge in [-0.3, -0.25) is 9.48 Å². The minimum atomic E-state index is -0.257. The number of aromatic nitrogens is 2. The quantitative estimate of drug-likeness (QED) is 0.818. The number of hydrogen-bond donors (Lipinski definition) is 0. The predicted molar refractivity (Wildman–Crippen MR) is 88.3 cm³/mol. The SMILES string of the molecule is CC(C)N(Cc1cnn(C)c1)C(=O)C[C@H](C)c1ccc(F)cc1. The van der Waals surface area contributed by atoms with E-state index >= 15 is 0 Å². The lowest BCUT2D eigenvalue weighted by molar-refractivity contribution is -0.133. The van der Waals surface area contributed by atoms with Gasteiger partial charge in [-0.25, -0.2) is 4.39 Å². The first kappa shape index (κ1) is 17.2. The zero-order valence-electron chi connectivity index (χ0n) is 14.2. The van der Waals surface area contributed by atoms with Crippen LogP contribution in [0.4, 0.5) is 4.39 Å². The zero-order valence-corrected chi connectivity index (χ0v) is 14.2. The van der Waals surface area contributed by atoms with Crippen LogP contribution < -0.4 is 0 Å². The molecule has 0 aliphatic rings. The van der Waals surface area contributed by atoms with Crippen LogP contribution in [0.15, 0.2) is 36.7 Å². The van der Waals surface area contributed by atoms with Gasteiger partial charge in [-0.05, 0) is 37.5 Å². The summed E-state index contributed by atoms with van der Waals surface area (Å²) < 4.78 is 14.7. The van der Waals surface area contributed by atoms with E-state index in [1.807, 2.05) is 38.9 Å². The first-order chi connectivity index (χ1) is 10.9. The van der Waals surface area contributed by atoms with E-state index in [2.05, 4.69) is 5.10 Å². The Morgan fingerprint density at radius 3 is 2.43 bits per heavy atom. The van der Waals surface area contributed by atoms with Crippen LogP contribution >= 0.6 is 0 Å². The molecule has 1 aromatic heterocycles. The van der Waals surface area contributed by atoms with Crippen molar-refractivity contribution in [2.24, 2.45) is 7.05 Å². The minimum Gasteiger partial charge on any atom is -0.336 e. The molecule has 0 N–H and O–H groups in total. The van der Waals surface area contributed by atoms with Gasteiger partial charge in [-0.15, -0.1) is 0 Å². The Bertz CT molecular complexity index is 649. The van der Waals surface area contributed by atoms with Gasteiger partial charge in [0.25, 0.3) is 0 Å². The molecule has 0 aliphatic carbocycles. The van der Waals surface area contributed by atoms with Crippen LogP contribution in [-0.4, -0.2) is 26.6 Å². The fraction of sp³-hybridized carbons (Fsp3) is 0.444. The van der Waals surface area contributed by atoms with Crippen molar-refractivity contribution < 1.29 is 9.18 Å². The summed E-state index contributed by atoms with van der Waals surface area (Å²) in [6.45, 7) is 6.57. The van der Waals surface area contributed by atoms with Crippen molar-refractivity contribution in [3.05, 3.63) is 53.6 Å². The zero-order chi connectivity index (χ0) is 17.0. The van der Waals surface area contributed by atoms with E-state index < -0.39 is 0 Å². The van der Waals surface area contributed by atoms with Gasteiger partial charge in [-0.2, -0.15) is 5.10 Å². The number of amides is 1. The molecule has 124 valence electrons. The molecular weight excluding hydrogens is 293 g/mol. The van der Waals surface area contributed by atoms with Crippen molar-refractivity contribution in [3.63, 3.8) is 0 Å². The van der Waals surface area contributed by atoms with Crippen molar-refractivity contribution in [3.8, 4) is 0 Å². The molecule has 1 heterocycles. The van der Waals surface area contributed by atoms with Crippen LogP contribution in [-0.2, 0) is 18.4 Å². The fourth-order valence-corrected chi connectivity index (χ4v) is 2.60. The van der Waals surface area contributed by atoms with Crippen molar-refractivity contribution in [1.82, 2.24) is 14.7 Å². The van der Waals surface area contributed by atoms with E-state index in [0.717, 1.165) is 11.1 Å². The number of hydrogen-bond acceptors (Lipinski definition) is 2. The van der Waals surface area contributed by atoms with Crippen molar-refractivity contribution in [2.75, 3.05) is 0 Å². The summed E-state index contributed by atoms with van der Waals surface area (Å²) >= 11 is 0. The van der Waals surface area contributed by atoms with E-state index in [4.69, 9.17) is 0 Å². The number of carbonyl (C=O) groups excluding carboxylic acids is 1. The van der Waals surface area contributed by atoms with Gasteiger partial charge in [0, 0.05) is 37.8 Å². The van der Waals surface area contributed by atoms with Crippen LogP contribution in [0.5, 0.6) is 0 Å². The first-order valence-electron chi connectivity index (χ1n) is 7.89. The maximum Gasteiger partial charge on any atom is 0.223 e. The summed E-state index contributed by atoms with van der Waals surface area (Å²) in [5.41, 5.74) is 1.99. The third-order valence-corrected chi connectivity index (χ3v) is 3.97. The Labute approximate surface area is 136 Å². The van der Waals surface area contributed by atoms with Crippen molar-refractivity contribution >= 4 is 5.91 Å². The van der Waals surface area contributed by atoms with Crippen molar-refractivity contribution in [1.29, 1.82) is 0 Å². The van der Waals surface area contributed by atoms with E-state index in [0.29, 0.717) is 13.0 Å². The maximum atomic E-state index is 13.0. The van der Waals surface area contributed by atoms with Crippen LogP contribution in [0, 0.1) is 5.82 Å². The Kier molecular flexibility index (Phi) is 5.53.